The molecule has 1 aliphatic heterocycles. The van der Waals surface area contributed by atoms with E-state index in [0.717, 1.165) is 36.1 Å². The van der Waals surface area contributed by atoms with Gasteiger partial charge in [0.2, 0.25) is 17.6 Å². The zero-order valence-electron chi connectivity index (χ0n) is 23.6. The van der Waals surface area contributed by atoms with Crippen molar-refractivity contribution in [3.8, 4) is 28.4 Å². The molecular weight excluding hydrogens is 518 g/mol. The van der Waals surface area contributed by atoms with Crippen molar-refractivity contribution < 1.29 is 19.0 Å². The molecule has 212 valence electrons. The number of nitrogens with one attached hydrogen (secondary N) is 2. The molecule has 0 unspecified atom stereocenters. The summed E-state index contributed by atoms with van der Waals surface area (Å²) in [5, 5.41) is 6.58. The van der Waals surface area contributed by atoms with Crippen LogP contribution in [0, 0.1) is 5.92 Å². The van der Waals surface area contributed by atoms with Crippen molar-refractivity contribution in [3.05, 3.63) is 84.6 Å². The Labute approximate surface area is 240 Å². The van der Waals surface area contributed by atoms with E-state index in [1.54, 1.807) is 50.6 Å². The van der Waals surface area contributed by atoms with Crippen LogP contribution in [-0.4, -0.2) is 50.3 Å². The van der Waals surface area contributed by atoms with E-state index in [4.69, 9.17) is 19.2 Å². The molecule has 41 heavy (non-hydrogen) atoms. The Balaban J connectivity index is 1.43. The van der Waals surface area contributed by atoms with Crippen molar-refractivity contribution in [2.24, 2.45) is 5.92 Å². The topological polar surface area (TPSA) is 97.8 Å². The molecule has 1 aromatic heterocycles. The normalized spacial score (nSPS) is 14.7. The first-order valence-electron chi connectivity index (χ1n) is 13.7. The predicted octanol–water partition coefficient (Wildman–Crippen LogP) is 5.45. The fraction of sp³-hybridized carbons (Fsp3) is 0.281. The van der Waals surface area contributed by atoms with Crippen molar-refractivity contribution in [2.45, 2.75) is 19.4 Å². The van der Waals surface area contributed by atoms with Crippen LogP contribution in [0.5, 0.6) is 17.2 Å². The van der Waals surface area contributed by atoms with Crippen LogP contribution < -0.4 is 29.7 Å². The van der Waals surface area contributed by atoms with Crippen LogP contribution in [0.15, 0.2) is 79.0 Å². The minimum absolute atomic E-state index is 0.0433. The number of amides is 1. The summed E-state index contributed by atoms with van der Waals surface area (Å²) in [6, 6.07) is 23.9. The van der Waals surface area contributed by atoms with Gasteiger partial charge in [-0.2, -0.15) is 4.98 Å². The van der Waals surface area contributed by atoms with Gasteiger partial charge in [0, 0.05) is 30.6 Å². The van der Waals surface area contributed by atoms with E-state index in [-0.39, 0.29) is 11.8 Å². The van der Waals surface area contributed by atoms with Gasteiger partial charge in [0.15, 0.2) is 11.5 Å². The summed E-state index contributed by atoms with van der Waals surface area (Å²) in [7, 11) is 4.69. The molecule has 1 amide bonds. The second kappa shape index (κ2) is 13.1. The lowest BCUT2D eigenvalue weighted by molar-refractivity contribution is -0.123. The molecular formula is C32H35N5O4. The Morgan fingerprint density at radius 2 is 1.66 bits per heavy atom. The standard InChI is InChI=1S/C32H35N5O4/c1-39-27-18-26(19-28(40-2)30(27)41-3)35-32-34-17-15-29(36-32)37(31(38)25-10-7-16-33-20-25)21-22-11-13-24(14-12-22)23-8-5-4-6-9-23/h4-6,8-9,11-15,17-19,25,33H,7,10,16,20-21H2,1-3H3,(H,34,35,36)/t25-/m0/s1. The Kier molecular flexibility index (Phi) is 8.95. The van der Waals surface area contributed by atoms with Gasteiger partial charge in [0.25, 0.3) is 0 Å². The highest BCUT2D eigenvalue weighted by Gasteiger charge is 2.28. The van der Waals surface area contributed by atoms with Gasteiger partial charge in [0.1, 0.15) is 5.82 Å². The number of carbonyl (C=O) groups is 1. The average Bonchev–Trinajstić information content (AvgIpc) is 3.04. The van der Waals surface area contributed by atoms with Crippen molar-refractivity contribution in [2.75, 3.05) is 44.6 Å². The molecule has 9 heteroatoms. The molecule has 2 N–H and O–H groups in total. The predicted molar refractivity (Wildman–Crippen MR) is 160 cm³/mol. The molecule has 5 rings (SSSR count). The van der Waals surface area contributed by atoms with E-state index in [1.165, 1.54) is 0 Å². The van der Waals surface area contributed by atoms with Gasteiger partial charge in [0.05, 0.1) is 33.8 Å². The van der Waals surface area contributed by atoms with Crippen LogP contribution in [-0.2, 0) is 11.3 Å². The maximum absolute atomic E-state index is 13.9. The highest BCUT2D eigenvalue weighted by atomic mass is 16.5. The van der Waals surface area contributed by atoms with Gasteiger partial charge in [-0.25, -0.2) is 4.98 Å². The zero-order chi connectivity index (χ0) is 28.6. The lowest BCUT2D eigenvalue weighted by atomic mass is 9.97. The van der Waals surface area contributed by atoms with Crippen LogP contribution in [0.25, 0.3) is 11.1 Å². The summed E-state index contributed by atoms with van der Waals surface area (Å²) in [6.07, 6.45) is 3.46. The molecule has 0 saturated carbocycles. The third kappa shape index (κ3) is 6.58. The van der Waals surface area contributed by atoms with Crippen molar-refractivity contribution in [3.63, 3.8) is 0 Å². The number of benzene rings is 3. The molecule has 2 heterocycles. The molecule has 0 spiro atoms. The van der Waals surface area contributed by atoms with Crippen LogP contribution in [0.4, 0.5) is 17.5 Å². The quantitative estimate of drug-likeness (QED) is 0.268. The number of methoxy groups -OCH3 is 3. The summed E-state index contributed by atoms with van der Waals surface area (Å²) >= 11 is 0. The first kappa shape index (κ1) is 27.9. The molecule has 4 aromatic rings. The van der Waals surface area contributed by atoms with Crippen LogP contribution in [0.1, 0.15) is 18.4 Å². The highest BCUT2D eigenvalue weighted by molar-refractivity contribution is 5.94. The Bertz CT molecular complexity index is 1430. The van der Waals surface area contributed by atoms with E-state index in [9.17, 15) is 4.79 Å². The Morgan fingerprint density at radius 1 is 0.951 bits per heavy atom. The lowest BCUT2D eigenvalue weighted by Crippen LogP contribution is -2.43. The fourth-order valence-corrected chi connectivity index (χ4v) is 5.01. The second-order valence-electron chi connectivity index (χ2n) is 9.81. The number of nitrogens with zero attached hydrogens (tertiary/aromatic N) is 3. The minimum atomic E-state index is -0.117. The van der Waals surface area contributed by atoms with E-state index < -0.39 is 0 Å². The smallest absolute Gasteiger partial charge is 0.232 e. The molecule has 1 fully saturated rings. The summed E-state index contributed by atoms with van der Waals surface area (Å²) in [6.45, 7) is 1.98. The van der Waals surface area contributed by atoms with Crippen LogP contribution in [0.2, 0.25) is 0 Å². The number of ether oxygens (including phenoxy) is 3. The maximum Gasteiger partial charge on any atom is 0.232 e. The number of anilines is 3. The second-order valence-corrected chi connectivity index (χ2v) is 9.81. The largest absolute Gasteiger partial charge is 0.493 e. The molecule has 1 aliphatic rings. The van der Waals surface area contributed by atoms with Crippen molar-refractivity contribution in [1.29, 1.82) is 0 Å². The minimum Gasteiger partial charge on any atom is -0.493 e. The number of hydrogen-bond donors (Lipinski definition) is 2. The SMILES string of the molecule is COc1cc(Nc2nccc(N(Cc3ccc(-c4ccccc4)cc3)C(=O)[C@H]3CCCNC3)n2)cc(OC)c1OC. The highest BCUT2D eigenvalue weighted by Crippen LogP contribution is 2.40. The number of aromatic nitrogens is 2. The van der Waals surface area contributed by atoms with Crippen molar-refractivity contribution >= 4 is 23.4 Å². The molecule has 1 saturated heterocycles. The molecule has 0 bridgehead atoms. The fourth-order valence-electron chi connectivity index (χ4n) is 5.01. The number of rotatable bonds is 10. The van der Waals surface area contributed by atoms with Gasteiger partial charge in [-0.1, -0.05) is 54.6 Å². The monoisotopic (exact) mass is 553 g/mol. The lowest BCUT2D eigenvalue weighted by Gasteiger charge is -2.29. The van der Waals surface area contributed by atoms with E-state index in [1.807, 2.05) is 18.2 Å². The molecule has 0 aliphatic carbocycles. The zero-order valence-corrected chi connectivity index (χ0v) is 23.6. The summed E-state index contributed by atoms with van der Waals surface area (Å²) in [5.41, 5.74) is 3.95. The summed E-state index contributed by atoms with van der Waals surface area (Å²) in [4.78, 5) is 24.8. The molecule has 3 aromatic carbocycles. The average molecular weight is 554 g/mol. The van der Waals surface area contributed by atoms with Gasteiger partial charge in [-0.15, -0.1) is 0 Å². The third-order valence-corrected chi connectivity index (χ3v) is 7.15. The van der Waals surface area contributed by atoms with Gasteiger partial charge < -0.3 is 24.8 Å². The Morgan fingerprint density at radius 3 is 2.29 bits per heavy atom. The van der Waals surface area contributed by atoms with Gasteiger partial charge in [-0.3, -0.25) is 9.69 Å². The van der Waals surface area contributed by atoms with E-state index in [2.05, 4.69) is 52.0 Å². The molecule has 1 atom stereocenters. The number of hydrogen-bond acceptors (Lipinski definition) is 8. The first-order valence-corrected chi connectivity index (χ1v) is 13.7. The van der Waals surface area contributed by atoms with E-state index in [0.29, 0.717) is 47.8 Å². The van der Waals surface area contributed by atoms with Gasteiger partial charge in [-0.05, 0) is 42.1 Å². The third-order valence-electron chi connectivity index (χ3n) is 7.15. The van der Waals surface area contributed by atoms with Crippen LogP contribution >= 0.6 is 0 Å². The summed E-state index contributed by atoms with van der Waals surface area (Å²) in [5.74, 6) is 2.30. The van der Waals surface area contributed by atoms with Crippen LogP contribution in [0.3, 0.4) is 0 Å². The van der Waals surface area contributed by atoms with Crippen molar-refractivity contribution in [1.82, 2.24) is 15.3 Å². The molecule has 0 radical (unpaired) electrons. The first-order chi connectivity index (χ1) is 20.1. The van der Waals surface area contributed by atoms with E-state index >= 15 is 0 Å². The summed E-state index contributed by atoms with van der Waals surface area (Å²) < 4.78 is 16.4. The van der Waals surface area contributed by atoms with Gasteiger partial charge >= 0.3 is 0 Å². The Hall–Kier alpha value is -4.63. The number of carbonyl (C=O) groups excluding carboxylic acids is 1. The molecule has 9 nitrogen and oxygen atoms in total. The maximum atomic E-state index is 13.9. The number of piperidine rings is 1.